The van der Waals surface area contributed by atoms with Gasteiger partial charge >= 0.3 is 0 Å². The van der Waals surface area contributed by atoms with E-state index in [1.807, 2.05) is 10.8 Å². The van der Waals surface area contributed by atoms with Crippen molar-refractivity contribution in [2.45, 2.75) is 51.2 Å². The molecule has 1 aliphatic rings. The second-order valence-electron chi connectivity index (χ2n) is 4.47. The highest BCUT2D eigenvalue weighted by atomic mass is 15.3. The van der Waals surface area contributed by atoms with Gasteiger partial charge < -0.3 is 5.32 Å². The zero-order valence-electron chi connectivity index (χ0n) is 9.89. The Morgan fingerprint density at radius 1 is 1.75 bits per heavy atom. The maximum Gasteiger partial charge on any atom is 0.143 e. The van der Waals surface area contributed by atoms with E-state index in [0.717, 1.165) is 31.6 Å². The summed E-state index contributed by atoms with van der Waals surface area (Å²) in [5, 5.41) is 7.85. The lowest BCUT2D eigenvalue weighted by Gasteiger charge is -2.26. The van der Waals surface area contributed by atoms with Gasteiger partial charge in [0.05, 0.1) is 6.04 Å². The zero-order chi connectivity index (χ0) is 11.4. The molecule has 0 aromatic carbocycles. The van der Waals surface area contributed by atoms with Crippen LogP contribution in [0.4, 0.5) is 0 Å². The standard InChI is InChI=1S/C12H20N4/c1-3-4-6-10(2)15-11-7-5-8-16-12(11)13-9-14-16/h3,9-11,15H,1,4-8H2,2H3. The van der Waals surface area contributed by atoms with Crippen LogP contribution in [0.5, 0.6) is 0 Å². The monoisotopic (exact) mass is 220 g/mol. The highest BCUT2D eigenvalue weighted by molar-refractivity contribution is 4.98. The van der Waals surface area contributed by atoms with Gasteiger partial charge in [0.15, 0.2) is 0 Å². The second kappa shape index (κ2) is 5.25. The van der Waals surface area contributed by atoms with Crippen LogP contribution in [0.25, 0.3) is 0 Å². The van der Waals surface area contributed by atoms with Crippen LogP contribution in [-0.2, 0) is 6.54 Å². The summed E-state index contributed by atoms with van der Waals surface area (Å²) in [6.45, 7) is 6.98. The van der Waals surface area contributed by atoms with E-state index in [-0.39, 0.29) is 0 Å². The molecule has 1 aliphatic heterocycles. The van der Waals surface area contributed by atoms with Crippen molar-refractivity contribution < 1.29 is 0 Å². The molecule has 1 aromatic rings. The average molecular weight is 220 g/mol. The summed E-state index contributed by atoms with van der Waals surface area (Å²) >= 11 is 0. The lowest BCUT2D eigenvalue weighted by Crippen LogP contribution is -2.34. The van der Waals surface area contributed by atoms with Gasteiger partial charge in [0.2, 0.25) is 0 Å². The largest absolute Gasteiger partial charge is 0.305 e. The van der Waals surface area contributed by atoms with Crippen molar-refractivity contribution in [1.82, 2.24) is 20.1 Å². The molecule has 4 heteroatoms. The summed E-state index contributed by atoms with van der Waals surface area (Å²) in [7, 11) is 0. The number of fused-ring (bicyclic) bond motifs is 1. The van der Waals surface area contributed by atoms with E-state index in [1.54, 1.807) is 6.33 Å². The summed E-state index contributed by atoms with van der Waals surface area (Å²) in [6.07, 6.45) is 8.17. The number of aromatic nitrogens is 3. The van der Waals surface area contributed by atoms with Crippen LogP contribution in [-0.4, -0.2) is 20.8 Å². The zero-order valence-corrected chi connectivity index (χ0v) is 9.89. The van der Waals surface area contributed by atoms with Gasteiger partial charge in [-0.15, -0.1) is 6.58 Å². The first kappa shape index (κ1) is 11.3. The highest BCUT2D eigenvalue weighted by Crippen LogP contribution is 2.22. The van der Waals surface area contributed by atoms with Crippen molar-refractivity contribution in [3.63, 3.8) is 0 Å². The number of hydrogen-bond acceptors (Lipinski definition) is 3. The lowest BCUT2D eigenvalue weighted by molar-refractivity contribution is 0.335. The normalized spacial score (nSPS) is 21.4. The molecule has 0 saturated carbocycles. The van der Waals surface area contributed by atoms with Gasteiger partial charge in [-0.25, -0.2) is 9.67 Å². The van der Waals surface area contributed by atoms with Crippen molar-refractivity contribution in [3.05, 3.63) is 24.8 Å². The van der Waals surface area contributed by atoms with Crippen LogP contribution >= 0.6 is 0 Å². The fourth-order valence-electron chi connectivity index (χ4n) is 2.24. The Kier molecular flexibility index (Phi) is 3.72. The quantitative estimate of drug-likeness (QED) is 0.772. The first-order valence-corrected chi connectivity index (χ1v) is 6.06. The maximum absolute atomic E-state index is 4.34. The van der Waals surface area contributed by atoms with E-state index in [2.05, 4.69) is 28.9 Å². The summed E-state index contributed by atoms with van der Waals surface area (Å²) in [5.74, 6) is 1.09. The van der Waals surface area contributed by atoms with Crippen molar-refractivity contribution in [2.75, 3.05) is 0 Å². The summed E-state index contributed by atoms with van der Waals surface area (Å²) in [4.78, 5) is 4.34. The third kappa shape index (κ3) is 2.50. The van der Waals surface area contributed by atoms with Crippen LogP contribution < -0.4 is 5.32 Å². The second-order valence-corrected chi connectivity index (χ2v) is 4.47. The predicted octanol–water partition coefficient (Wildman–Crippen LogP) is 2.06. The number of allylic oxidation sites excluding steroid dienone is 1. The van der Waals surface area contributed by atoms with Crippen molar-refractivity contribution in [2.24, 2.45) is 0 Å². The van der Waals surface area contributed by atoms with E-state index in [9.17, 15) is 0 Å². The number of nitrogens with one attached hydrogen (secondary N) is 1. The Bertz CT molecular complexity index is 345. The molecule has 0 saturated heterocycles. The van der Waals surface area contributed by atoms with Crippen molar-refractivity contribution >= 4 is 0 Å². The van der Waals surface area contributed by atoms with Crippen LogP contribution in [0.1, 0.15) is 44.5 Å². The van der Waals surface area contributed by atoms with Gasteiger partial charge in [-0.05, 0) is 32.6 Å². The summed E-state index contributed by atoms with van der Waals surface area (Å²) in [5.41, 5.74) is 0. The van der Waals surface area contributed by atoms with E-state index >= 15 is 0 Å². The molecule has 0 bridgehead atoms. The Hall–Kier alpha value is -1.16. The maximum atomic E-state index is 4.34. The van der Waals surface area contributed by atoms with Crippen LogP contribution in [0, 0.1) is 0 Å². The van der Waals surface area contributed by atoms with Crippen LogP contribution in [0.2, 0.25) is 0 Å². The molecule has 2 atom stereocenters. The van der Waals surface area contributed by atoms with Gasteiger partial charge in [0, 0.05) is 12.6 Å². The Morgan fingerprint density at radius 2 is 2.62 bits per heavy atom. The molecule has 0 fully saturated rings. The van der Waals surface area contributed by atoms with Gasteiger partial charge in [-0.2, -0.15) is 5.10 Å². The smallest absolute Gasteiger partial charge is 0.143 e. The molecule has 1 aromatic heterocycles. The van der Waals surface area contributed by atoms with E-state index in [1.165, 1.54) is 6.42 Å². The molecule has 0 amide bonds. The topological polar surface area (TPSA) is 42.7 Å². The van der Waals surface area contributed by atoms with Crippen LogP contribution in [0.15, 0.2) is 19.0 Å². The lowest BCUT2D eigenvalue weighted by atomic mass is 10.0. The molecule has 0 aliphatic carbocycles. The number of hydrogen-bond donors (Lipinski definition) is 1. The molecule has 4 nitrogen and oxygen atoms in total. The molecule has 0 radical (unpaired) electrons. The molecule has 2 rings (SSSR count). The van der Waals surface area contributed by atoms with E-state index in [4.69, 9.17) is 0 Å². The summed E-state index contributed by atoms with van der Waals surface area (Å²) in [6, 6.07) is 0.877. The highest BCUT2D eigenvalue weighted by Gasteiger charge is 2.23. The van der Waals surface area contributed by atoms with Gasteiger partial charge in [-0.3, -0.25) is 0 Å². The molecule has 1 N–H and O–H groups in total. The summed E-state index contributed by atoms with van der Waals surface area (Å²) < 4.78 is 2.02. The first-order chi connectivity index (χ1) is 7.81. The molecule has 2 unspecified atom stereocenters. The van der Waals surface area contributed by atoms with Gasteiger partial charge in [0.1, 0.15) is 12.2 Å². The number of rotatable bonds is 5. The number of aryl methyl sites for hydroxylation is 1. The minimum Gasteiger partial charge on any atom is -0.305 e. The van der Waals surface area contributed by atoms with Crippen molar-refractivity contribution in [1.29, 1.82) is 0 Å². The molecule has 88 valence electrons. The molecule has 16 heavy (non-hydrogen) atoms. The Labute approximate surface area is 96.8 Å². The molecule has 0 spiro atoms. The first-order valence-electron chi connectivity index (χ1n) is 6.06. The van der Waals surface area contributed by atoms with Gasteiger partial charge in [0.25, 0.3) is 0 Å². The molecule has 2 heterocycles. The third-order valence-electron chi connectivity index (χ3n) is 3.11. The third-order valence-corrected chi connectivity index (χ3v) is 3.11. The number of nitrogens with zero attached hydrogens (tertiary/aromatic N) is 3. The fraction of sp³-hybridized carbons (Fsp3) is 0.667. The van der Waals surface area contributed by atoms with Gasteiger partial charge in [-0.1, -0.05) is 6.08 Å². The molecular weight excluding hydrogens is 200 g/mol. The SMILES string of the molecule is C=CCCC(C)NC1CCCn2ncnc21. The average Bonchev–Trinajstić information content (AvgIpc) is 2.75. The Balaban J connectivity index is 1.94. The minimum atomic E-state index is 0.371. The van der Waals surface area contributed by atoms with E-state index in [0.29, 0.717) is 12.1 Å². The molecular formula is C12H20N4. The Morgan fingerprint density at radius 3 is 3.44 bits per heavy atom. The minimum absolute atomic E-state index is 0.371. The van der Waals surface area contributed by atoms with E-state index < -0.39 is 0 Å². The fourth-order valence-corrected chi connectivity index (χ4v) is 2.24. The van der Waals surface area contributed by atoms with Crippen LogP contribution in [0.3, 0.4) is 0 Å². The van der Waals surface area contributed by atoms with Crippen molar-refractivity contribution in [3.8, 4) is 0 Å². The predicted molar refractivity (Wildman–Crippen MR) is 64.0 cm³/mol.